The number of hydrogen-bond donors (Lipinski definition) is 2. The highest BCUT2D eigenvalue weighted by Crippen LogP contribution is 2.49. The van der Waals surface area contributed by atoms with Gasteiger partial charge in [-0.3, -0.25) is 0 Å². The van der Waals surface area contributed by atoms with Gasteiger partial charge in [0.15, 0.2) is 0 Å². The van der Waals surface area contributed by atoms with Gasteiger partial charge in [0, 0.05) is 24.4 Å². The third-order valence-electron chi connectivity index (χ3n) is 5.02. The van der Waals surface area contributed by atoms with Crippen LogP contribution in [0.2, 0.25) is 0 Å². The van der Waals surface area contributed by atoms with E-state index in [0.717, 1.165) is 0 Å². The van der Waals surface area contributed by atoms with Gasteiger partial charge < -0.3 is 10.4 Å². The van der Waals surface area contributed by atoms with Crippen LogP contribution >= 0.6 is 0 Å². The van der Waals surface area contributed by atoms with E-state index < -0.39 is 5.60 Å². The van der Waals surface area contributed by atoms with Gasteiger partial charge in [-0.25, -0.2) is 0 Å². The monoisotopic (exact) mass is 281 g/mol. The average Bonchev–Trinajstić information content (AvgIpc) is 2.47. The molecule has 0 bridgehead atoms. The van der Waals surface area contributed by atoms with E-state index in [1.807, 2.05) is 12.1 Å². The molecule has 2 aromatic rings. The second kappa shape index (κ2) is 5.28. The van der Waals surface area contributed by atoms with Crippen LogP contribution in [0.5, 0.6) is 0 Å². The maximum absolute atomic E-state index is 11.0. The summed E-state index contributed by atoms with van der Waals surface area (Å²) in [6, 6.07) is 21.0. The first-order chi connectivity index (χ1) is 10.0. The average molecular weight is 281 g/mol. The highest BCUT2D eigenvalue weighted by Gasteiger charge is 2.52. The van der Waals surface area contributed by atoms with Crippen LogP contribution in [0, 0.1) is 5.41 Å². The van der Waals surface area contributed by atoms with Gasteiger partial charge in [-0.2, -0.15) is 0 Å². The highest BCUT2D eigenvalue weighted by molar-refractivity contribution is 5.36. The SMILES string of the molecule is CC(C)(C(c1ccccc1)c1ccccc1)C1(O)CNC1. The first-order valence-electron chi connectivity index (χ1n) is 7.58. The Morgan fingerprint density at radius 3 is 1.67 bits per heavy atom. The van der Waals surface area contributed by atoms with E-state index in [-0.39, 0.29) is 11.3 Å². The lowest BCUT2D eigenvalue weighted by Crippen LogP contribution is -2.68. The molecule has 2 N–H and O–H groups in total. The van der Waals surface area contributed by atoms with Crippen LogP contribution in [0.25, 0.3) is 0 Å². The summed E-state index contributed by atoms with van der Waals surface area (Å²) in [5, 5.41) is 14.2. The van der Waals surface area contributed by atoms with E-state index in [9.17, 15) is 5.11 Å². The molecule has 1 saturated heterocycles. The molecule has 0 aliphatic carbocycles. The molecule has 0 atom stereocenters. The van der Waals surface area contributed by atoms with Crippen LogP contribution in [0.15, 0.2) is 60.7 Å². The molecule has 1 fully saturated rings. The van der Waals surface area contributed by atoms with Crippen molar-refractivity contribution in [3.05, 3.63) is 71.8 Å². The fourth-order valence-electron chi connectivity index (χ4n) is 3.40. The normalized spacial score (nSPS) is 17.5. The Kier molecular flexibility index (Phi) is 3.60. The van der Waals surface area contributed by atoms with E-state index in [1.165, 1.54) is 11.1 Å². The Morgan fingerprint density at radius 1 is 0.905 bits per heavy atom. The summed E-state index contributed by atoms with van der Waals surface area (Å²) in [5.41, 5.74) is 1.60. The van der Waals surface area contributed by atoms with Gasteiger partial charge in [0.1, 0.15) is 0 Å². The molecule has 0 spiro atoms. The molecular formula is C19H23NO. The predicted molar refractivity (Wildman–Crippen MR) is 86.3 cm³/mol. The lowest BCUT2D eigenvalue weighted by molar-refractivity contribution is -0.111. The van der Waals surface area contributed by atoms with Crippen LogP contribution < -0.4 is 5.32 Å². The molecule has 2 heteroatoms. The highest BCUT2D eigenvalue weighted by atomic mass is 16.3. The number of aliphatic hydroxyl groups is 1. The topological polar surface area (TPSA) is 32.3 Å². The second-order valence-corrected chi connectivity index (χ2v) is 6.61. The van der Waals surface area contributed by atoms with E-state index in [0.29, 0.717) is 13.1 Å². The standard InChI is InChI=1S/C19H23NO/c1-18(2,19(21)13-20-14-19)17(15-9-5-3-6-10-15)16-11-7-4-8-12-16/h3-12,17,20-21H,13-14H2,1-2H3. The van der Waals surface area contributed by atoms with Crippen molar-refractivity contribution in [2.45, 2.75) is 25.4 Å². The van der Waals surface area contributed by atoms with Crippen molar-refractivity contribution in [3.63, 3.8) is 0 Å². The Balaban J connectivity index is 2.09. The van der Waals surface area contributed by atoms with Crippen molar-refractivity contribution in [1.29, 1.82) is 0 Å². The molecule has 110 valence electrons. The molecule has 2 aromatic carbocycles. The number of benzene rings is 2. The predicted octanol–water partition coefficient (Wildman–Crippen LogP) is 3.18. The fourth-order valence-corrected chi connectivity index (χ4v) is 3.40. The molecule has 0 unspecified atom stereocenters. The van der Waals surface area contributed by atoms with Gasteiger partial charge in [-0.05, 0) is 11.1 Å². The van der Waals surface area contributed by atoms with Crippen LogP contribution in [0.4, 0.5) is 0 Å². The summed E-state index contributed by atoms with van der Waals surface area (Å²) in [6.07, 6.45) is 0. The fraction of sp³-hybridized carbons (Fsp3) is 0.368. The number of hydrogen-bond acceptors (Lipinski definition) is 2. The molecule has 0 radical (unpaired) electrons. The van der Waals surface area contributed by atoms with Crippen molar-refractivity contribution in [2.75, 3.05) is 13.1 Å². The van der Waals surface area contributed by atoms with Gasteiger partial charge in [-0.1, -0.05) is 74.5 Å². The van der Waals surface area contributed by atoms with Gasteiger partial charge in [0.2, 0.25) is 0 Å². The molecule has 21 heavy (non-hydrogen) atoms. The molecular weight excluding hydrogens is 258 g/mol. The summed E-state index contributed by atoms with van der Waals surface area (Å²) in [7, 11) is 0. The first-order valence-corrected chi connectivity index (χ1v) is 7.58. The maximum atomic E-state index is 11.0. The number of β-amino-alcohol motifs (C(OH)–C–C–N with tert-alkyl or cyclic N) is 1. The Hall–Kier alpha value is -1.64. The van der Waals surface area contributed by atoms with Gasteiger partial charge in [0.05, 0.1) is 5.60 Å². The van der Waals surface area contributed by atoms with E-state index in [4.69, 9.17) is 0 Å². The summed E-state index contributed by atoms with van der Waals surface area (Å²) >= 11 is 0. The zero-order valence-corrected chi connectivity index (χ0v) is 12.7. The van der Waals surface area contributed by atoms with Crippen LogP contribution in [0.1, 0.15) is 30.9 Å². The Labute approximate surface area is 126 Å². The van der Waals surface area contributed by atoms with E-state index in [1.54, 1.807) is 0 Å². The summed E-state index contributed by atoms with van der Waals surface area (Å²) < 4.78 is 0. The lowest BCUT2D eigenvalue weighted by Gasteiger charge is -2.53. The van der Waals surface area contributed by atoms with Crippen molar-refractivity contribution in [2.24, 2.45) is 5.41 Å². The van der Waals surface area contributed by atoms with Crippen molar-refractivity contribution >= 4 is 0 Å². The molecule has 0 amide bonds. The van der Waals surface area contributed by atoms with Gasteiger partial charge in [-0.15, -0.1) is 0 Å². The van der Waals surface area contributed by atoms with E-state index >= 15 is 0 Å². The molecule has 3 rings (SSSR count). The maximum Gasteiger partial charge on any atom is 0.0954 e. The van der Waals surface area contributed by atoms with Crippen LogP contribution in [0.3, 0.4) is 0 Å². The minimum atomic E-state index is -0.663. The molecule has 1 aliphatic rings. The summed E-state index contributed by atoms with van der Waals surface area (Å²) in [4.78, 5) is 0. The minimum absolute atomic E-state index is 0.173. The summed E-state index contributed by atoms with van der Waals surface area (Å²) in [6.45, 7) is 5.68. The second-order valence-electron chi connectivity index (χ2n) is 6.61. The van der Waals surface area contributed by atoms with Crippen molar-refractivity contribution in [3.8, 4) is 0 Å². The lowest BCUT2D eigenvalue weighted by atomic mass is 9.60. The minimum Gasteiger partial charge on any atom is -0.387 e. The van der Waals surface area contributed by atoms with E-state index in [2.05, 4.69) is 67.7 Å². The number of rotatable bonds is 4. The quantitative estimate of drug-likeness (QED) is 0.902. The largest absolute Gasteiger partial charge is 0.387 e. The van der Waals surface area contributed by atoms with Crippen molar-refractivity contribution < 1.29 is 5.11 Å². The van der Waals surface area contributed by atoms with Gasteiger partial charge >= 0.3 is 0 Å². The molecule has 0 saturated carbocycles. The third-order valence-corrected chi connectivity index (χ3v) is 5.02. The molecule has 1 aliphatic heterocycles. The Bertz CT molecular complexity index is 548. The molecule has 1 heterocycles. The zero-order valence-electron chi connectivity index (χ0n) is 12.7. The van der Waals surface area contributed by atoms with Crippen LogP contribution in [-0.4, -0.2) is 23.8 Å². The first kappa shape index (κ1) is 14.3. The van der Waals surface area contributed by atoms with Crippen LogP contribution in [-0.2, 0) is 0 Å². The zero-order chi connectivity index (χ0) is 14.9. The number of nitrogens with one attached hydrogen (secondary N) is 1. The molecule has 2 nitrogen and oxygen atoms in total. The van der Waals surface area contributed by atoms with Gasteiger partial charge in [0.25, 0.3) is 0 Å². The Morgan fingerprint density at radius 2 is 1.33 bits per heavy atom. The third kappa shape index (κ3) is 2.39. The summed E-state index contributed by atoms with van der Waals surface area (Å²) in [5.74, 6) is 0.173. The molecule has 0 aromatic heterocycles. The smallest absolute Gasteiger partial charge is 0.0954 e. The van der Waals surface area contributed by atoms with Crippen molar-refractivity contribution in [1.82, 2.24) is 5.32 Å².